The van der Waals surface area contributed by atoms with Gasteiger partial charge in [0.05, 0.1) is 4.90 Å². The van der Waals surface area contributed by atoms with Gasteiger partial charge < -0.3 is 0 Å². The molecule has 1 aromatic carbocycles. The molecule has 1 aliphatic heterocycles. The average Bonchev–Trinajstić information content (AvgIpc) is 2.72. The summed E-state index contributed by atoms with van der Waals surface area (Å²) in [7, 11) is -3.65. The van der Waals surface area contributed by atoms with Crippen molar-refractivity contribution in [1.29, 1.82) is 0 Å². The topological polar surface area (TPSA) is 54.5 Å². The summed E-state index contributed by atoms with van der Waals surface area (Å²) in [6, 6.07) is 8.09. The highest BCUT2D eigenvalue weighted by Gasteiger charge is 2.37. The first-order valence-corrected chi connectivity index (χ1v) is 8.19. The number of nitrogens with zero attached hydrogens (tertiary/aromatic N) is 1. The molecule has 2 rings (SSSR count). The predicted molar refractivity (Wildman–Crippen MR) is 72.3 cm³/mol. The molecular weight excluding hydrogens is 353 g/mol. The van der Waals surface area contributed by atoms with Crippen LogP contribution in [0.2, 0.25) is 0 Å². The first-order valence-electron chi connectivity index (χ1n) is 5.22. The molecule has 92 valence electrons. The number of amides is 1. The normalized spacial score (nSPS) is 20.9. The summed E-state index contributed by atoms with van der Waals surface area (Å²) in [6.07, 6.45) is 0.328. The molecule has 1 unspecified atom stereocenters. The predicted octanol–water partition coefficient (Wildman–Crippen LogP) is 1.66. The van der Waals surface area contributed by atoms with Crippen molar-refractivity contribution in [2.24, 2.45) is 5.92 Å². The SMILES string of the molecule is O=C1CC(CI)CN1S(=O)(=O)c1ccccc1. The lowest BCUT2D eigenvalue weighted by atomic mass is 10.2. The lowest BCUT2D eigenvalue weighted by molar-refractivity contribution is -0.123. The van der Waals surface area contributed by atoms with E-state index in [0.29, 0.717) is 13.0 Å². The van der Waals surface area contributed by atoms with Crippen LogP contribution in [0, 0.1) is 5.92 Å². The molecule has 6 heteroatoms. The van der Waals surface area contributed by atoms with Crippen LogP contribution in [0.5, 0.6) is 0 Å². The van der Waals surface area contributed by atoms with Gasteiger partial charge in [0.25, 0.3) is 10.0 Å². The number of hydrogen-bond acceptors (Lipinski definition) is 3. The van der Waals surface area contributed by atoms with E-state index >= 15 is 0 Å². The van der Waals surface area contributed by atoms with E-state index in [1.54, 1.807) is 18.2 Å². The Labute approximate surface area is 114 Å². The van der Waals surface area contributed by atoms with Crippen LogP contribution in [0.3, 0.4) is 0 Å². The van der Waals surface area contributed by atoms with E-state index in [-0.39, 0.29) is 16.7 Å². The molecule has 1 aliphatic rings. The van der Waals surface area contributed by atoms with E-state index in [1.165, 1.54) is 12.1 Å². The monoisotopic (exact) mass is 365 g/mol. The molecule has 0 N–H and O–H groups in total. The van der Waals surface area contributed by atoms with Gasteiger partial charge in [0, 0.05) is 17.4 Å². The maximum absolute atomic E-state index is 12.2. The number of rotatable bonds is 3. The molecule has 1 amide bonds. The third kappa shape index (κ3) is 2.47. The van der Waals surface area contributed by atoms with Gasteiger partial charge in [-0.05, 0) is 18.1 Å². The van der Waals surface area contributed by atoms with Crippen molar-refractivity contribution < 1.29 is 13.2 Å². The summed E-state index contributed by atoms with van der Waals surface area (Å²) in [5.74, 6) is -0.155. The fraction of sp³-hybridized carbons (Fsp3) is 0.364. The summed E-state index contributed by atoms with van der Waals surface area (Å²) in [5, 5.41) is 0. The highest BCUT2D eigenvalue weighted by Crippen LogP contribution is 2.26. The van der Waals surface area contributed by atoms with Crippen molar-refractivity contribution in [3.8, 4) is 0 Å². The van der Waals surface area contributed by atoms with E-state index in [9.17, 15) is 13.2 Å². The van der Waals surface area contributed by atoms with Gasteiger partial charge in [-0.2, -0.15) is 0 Å². The molecule has 17 heavy (non-hydrogen) atoms. The molecule has 1 aromatic rings. The third-order valence-corrected chi connectivity index (χ3v) is 5.76. The first-order chi connectivity index (χ1) is 8.05. The smallest absolute Gasteiger partial charge is 0.266 e. The molecular formula is C11H12INO3S. The fourth-order valence-electron chi connectivity index (χ4n) is 1.80. The van der Waals surface area contributed by atoms with Crippen molar-refractivity contribution in [3.63, 3.8) is 0 Å². The molecule has 1 heterocycles. The van der Waals surface area contributed by atoms with Crippen molar-refractivity contribution in [2.75, 3.05) is 11.0 Å². The molecule has 4 nitrogen and oxygen atoms in total. The van der Waals surface area contributed by atoms with Gasteiger partial charge >= 0.3 is 0 Å². The van der Waals surface area contributed by atoms with Gasteiger partial charge in [-0.1, -0.05) is 40.8 Å². The summed E-state index contributed by atoms with van der Waals surface area (Å²) >= 11 is 2.18. The maximum atomic E-state index is 12.2. The van der Waals surface area contributed by atoms with Gasteiger partial charge in [0.2, 0.25) is 5.91 Å². The number of benzene rings is 1. The van der Waals surface area contributed by atoms with Crippen molar-refractivity contribution in [2.45, 2.75) is 11.3 Å². The van der Waals surface area contributed by atoms with Gasteiger partial charge in [0.15, 0.2) is 0 Å². The maximum Gasteiger partial charge on any atom is 0.266 e. The molecule has 0 aliphatic carbocycles. The minimum Gasteiger partial charge on any atom is -0.274 e. The third-order valence-electron chi connectivity index (χ3n) is 2.71. The molecule has 0 bridgehead atoms. The number of carbonyl (C=O) groups excluding carboxylic acids is 1. The highest BCUT2D eigenvalue weighted by molar-refractivity contribution is 14.1. The van der Waals surface area contributed by atoms with E-state index < -0.39 is 10.0 Å². The Balaban J connectivity index is 2.32. The zero-order valence-corrected chi connectivity index (χ0v) is 12.0. The highest BCUT2D eigenvalue weighted by atomic mass is 127. The van der Waals surface area contributed by atoms with Crippen LogP contribution >= 0.6 is 22.6 Å². The molecule has 0 radical (unpaired) electrons. The number of alkyl halides is 1. The second-order valence-corrected chi connectivity index (χ2v) is 6.71. The van der Waals surface area contributed by atoms with Crippen molar-refractivity contribution >= 4 is 38.5 Å². The zero-order valence-electron chi connectivity index (χ0n) is 9.04. The average molecular weight is 365 g/mol. The Morgan fingerprint density at radius 3 is 2.47 bits per heavy atom. The summed E-state index contributed by atoms with van der Waals surface area (Å²) in [6.45, 7) is 0.305. The molecule has 0 saturated carbocycles. The molecule has 1 atom stereocenters. The lowest BCUT2D eigenvalue weighted by Crippen LogP contribution is -2.32. The largest absolute Gasteiger partial charge is 0.274 e. The van der Waals surface area contributed by atoms with E-state index in [2.05, 4.69) is 22.6 Å². The van der Waals surface area contributed by atoms with Crippen LogP contribution in [0.1, 0.15) is 6.42 Å². The number of carbonyl (C=O) groups is 1. The number of sulfonamides is 1. The zero-order chi connectivity index (χ0) is 12.5. The minimum absolute atomic E-state index is 0.140. The fourth-order valence-corrected chi connectivity index (χ4v) is 3.90. The Hall–Kier alpha value is -0.630. The first kappa shape index (κ1) is 12.8. The molecule has 1 fully saturated rings. The number of hydrogen-bond donors (Lipinski definition) is 0. The van der Waals surface area contributed by atoms with Crippen LogP contribution in [0.15, 0.2) is 35.2 Å². The van der Waals surface area contributed by atoms with E-state index in [4.69, 9.17) is 0 Å². The van der Waals surface area contributed by atoms with Gasteiger partial charge in [0.1, 0.15) is 0 Å². The Morgan fingerprint density at radius 1 is 1.29 bits per heavy atom. The molecule has 0 aromatic heterocycles. The van der Waals surface area contributed by atoms with Crippen molar-refractivity contribution in [3.05, 3.63) is 30.3 Å². The van der Waals surface area contributed by atoms with Gasteiger partial charge in [-0.3, -0.25) is 4.79 Å². The van der Waals surface area contributed by atoms with Crippen LogP contribution in [0.4, 0.5) is 0 Å². The quantitative estimate of drug-likeness (QED) is 0.605. The van der Waals surface area contributed by atoms with Crippen LogP contribution in [0.25, 0.3) is 0 Å². The summed E-state index contributed by atoms with van der Waals surface area (Å²) in [5.41, 5.74) is 0. The second kappa shape index (κ2) is 4.93. The second-order valence-electron chi connectivity index (χ2n) is 3.97. The Bertz CT molecular complexity index is 515. The Kier molecular flexibility index (Phi) is 3.72. The van der Waals surface area contributed by atoms with Crippen LogP contribution in [-0.2, 0) is 14.8 Å². The minimum atomic E-state index is -3.65. The summed E-state index contributed by atoms with van der Waals surface area (Å²) < 4.78 is 26.2. The van der Waals surface area contributed by atoms with E-state index in [1.807, 2.05) is 0 Å². The molecule has 1 saturated heterocycles. The van der Waals surface area contributed by atoms with Crippen molar-refractivity contribution in [1.82, 2.24) is 4.31 Å². The van der Waals surface area contributed by atoms with Crippen LogP contribution < -0.4 is 0 Å². The lowest BCUT2D eigenvalue weighted by Gasteiger charge is -2.16. The van der Waals surface area contributed by atoms with Crippen LogP contribution in [-0.4, -0.2) is 29.6 Å². The van der Waals surface area contributed by atoms with E-state index in [0.717, 1.165) is 8.73 Å². The summed E-state index contributed by atoms with van der Waals surface area (Å²) in [4.78, 5) is 11.9. The molecule has 0 spiro atoms. The standard InChI is InChI=1S/C11H12INO3S/c12-7-9-6-11(14)13(8-9)17(15,16)10-4-2-1-3-5-10/h1-5,9H,6-8H2. The van der Waals surface area contributed by atoms with Gasteiger partial charge in [-0.25, -0.2) is 12.7 Å². The Morgan fingerprint density at radius 2 is 1.94 bits per heavy atom. The van der Waals surface area contributed by atoms with Gasteiger partial charge in [-0.15, -0.1) is 0 Å². The number of halogens is 1.